The minimum Gasteiger partial charge on any atom is -0.375 e. The molecule has 2 heterocycles. The van der Waals surface area contributed by atoms with Crippen LogP contribution >= 0.6 is 0 Å². The van der Waals surface area contributed by atoms with Crippen LogP contribution in [0.15, 0.2) is 0 Å². The first-order valence-corrected chi connectivity index (χ1v) is 4.71. The van der Waals surface area contributed by atoms with E-state index in [0.29, 0.717) is 12.2 Å². The Morgan fingerprint density at radius 2 is 2.00 bits per heavy atom. The van der Waals surface area contributed by atoms with Crippen molar-refractivity contribution >= 4 is 0 Å². The Morgan fingerprint density at radius 1 is 1.09 bits per heavy atom. The Kier molecular flexibility index (Phi) is 1.16. The summed E-state index contributed by atoms with van der Waals surface area (Å²) in [5, 5.41) is 0. The molecule has 11 heavy (non-hydrogen) atoms. The summed E-state index contributed by atoms with van der Waals surface area (Å²) in [6, 6.07) is 0. The highest BCUT2D eigenvalue weighted by Gasteiger charge is 2.63. The monoisotopic (exact) mass is 154 g/mol. The molecule has 3 aliphatic rings. The lowest BCUT2D eigenvalue weighted by Gasteiger charge is -2.32. The predicted molar refractivity (Wildman–Crippen MR) is 40.4 cm³/mol. The molecule has 2 heteroatoms. The number of hydrogen-bond donors (Lipinski definition) is 0. The highest BCUT2D eigenvalue weighted by Crippen LogP contribution is 2.53. The summed E-state index contributed by atoms with van der Waals surface area (Å²) in [7, 11) is 0. The fraction of sp³-hybridized carbons (Fsp3) is 1.00. The standard InChI is InChI=1S/C9H14O2/c1-3-7-9(5-2-6-10-7)8(4-1)11-9/h7-8H,1-6H2/t7-,8?,9-/m1/s1. The van der Waals surface area contributed by atoms with Crippen molar-refractivity contribution in [2.45, 2.75) is 49.9 Å². The average Bonchev–Trinajstić information content (AvgIpc) is 2.75. The van der Waals surface area contributed by atoms with Crippen molar-refractivity contribution in [3.8, 4) is 0 Å². The van der Waals surface area contributed by atoms with E-state index < -0.39 is 0 Å². The van der Waals surface area contributed by atoms with Crippen molar-refractivity contribution in [3.63, 3.8) is 0 Å². The Balaban J connectivity index is 1.84. The lowest BCUT2D eigenvalue weighted by Crippen LogP contribution is -2.41. The summed E-state index contributed by atoms with van der Waals surface area (Å²) in [5.74, 6) is 0. The van der Waals surface area contributed by atoms with Crippen LogP contribution in [0.3, 0.4) is 0 Å². The molecule has 0 radical (unpaired) electrons. The Morgan fingerprint density at radius 3 is 2.91 bits per heavy atom. The van der Waals surface area contributed by atoms with Crippen LogP contribution in [0.5, 0.6) is 0 Å². The van der Waals surface area contributed by atoms with Crippen LogP contribution in [0.4, 0.5) is 0 Å². The molecule has 0 aromatic heterocycles. The van der Waals surface area contributed by atoms with Gasteiger partial charge < -0.3 is 9.47 Å². The highest BCUT2D eigenvalue weighted by molar-refractivity contribution is 5.11. The third-order valence-corrected chi connectivity index (χ3v) is 3.36. The fourth-order valence-electron chi connectivity index (χ4n) is 2.73. The summed E-state index contributed by atoms with van der Waals surface area (Å²) in [6.07, 6.45) is 7.29. The summed E-state index contributed by atoms with van der Waals surface area (Å²) >= 11 is 0. The molecule has 1 aliphatic carbocycles. The van der Waals surface area contributed by atoms with Gasteiger partial charge in [0.2, 0.25) is 0 Å². The van der Waals surface area contributed by atoms with E-state index >= 15 is 0 Å². The molecule has 0 N–H and O–H groups in total. The second-order valence-electron chi connectivity index (χ2n) is 3.96. The molecule has 1 spiro atoms. The van der Waals surface area contributed by atoms with E-state index in [1.807, 2.05) is 0 Å². The fourth-order valence-corrected chi connectivity index (χ4v) is 2.73. The normalized spacial score (nSPS) is 54.5. The van der Waals surface area contributed by atoms with E-state index in [1.54, 1.807) is 0 Å². The molecular formula is C9H14O2. The van der Waals surface area contributed by atoms with Crippen LogP contribution in [0.1, 0.15) is 32.1 Å². The van der Waals surface area contributed by atoms with Gasteiger partial charge in [-0.1, -0.05) is 0 Å². The van der Waals surface area contributed by atoms with Crippen molar-refractivity contribution in [1.29, 1.82) is 0 Å². The van der Waals surface area contributed by atoms with Crippen LogP contribution in [-0.2, 0) is 9.47 Å². The molecule has 0 aromatic carbocycles. The van der Waals surface area contributed by atoms with Crippen LogP contribution in [0.25, 0.3) is 0 Å². The van der Waals surface area contributed by atoms with Gasteiger partial charge in [-0.05, 0) is 32.1 Å². The smallest absolute Gasteiger partial charge is 0.121 e. The molecule has 1 unspecified atom stereocenters. The first kappa shape index (κ1) is 6.44. The molecule has 3 rings (SSSR count). The van der Waals surface area contributed by atoms with Gasteiger partial charge in [0.1, 0.15) is 5.60 Å². The Hall–Kier alpha value is -0.0800. The van der Waals surface area contributed by atoms with E-state index in [0.717, 1.165) is 6.61 Å². The van der Waals surface area contributed by atoms with Crippen molar-refractivity contribution in [2.24, 2.45) is 0 Å². The van der Waals surface area contributed by atoms with Gasteiger partial charge in [-0.25, -0.2) is 0 Å². The average molecular weight is 154 g/mol. The molecule has 3 fully saturated rings. The minimum atomic E-state index is 0.219. The van der Waals surface area contributed by atoms with E-state index in [1.165, 1.54) is 32.1 Å². The largest absolute Gasteiger partial charge is 0.375 e. The van der Waals surface area contributed by atoms with E-state index in [2.05, 4.69) is 0 Å². The quantitative estimate of drug-likeness (QED) is 0.493. The van der Waals surface area contributed by atoms with Gasteiger partial charge in [-0.2, -0.15) is 0 Å². The van der Waals surface area contributed by atoms with Gasteiger partial charge in [0.25, 0.3) is 0 Å². The molecule has 2 saturated heterocycles. The third kappa shape index (κ3) is 0.744. The van der Waals surface area contributed by atoms with Crippen molar-refractivity contribution in [3.05, 3.63) is 0 Å². The van der Waals surface area contributed by atoms with Crippen LogP contribution in [0, 0.1) is 0 Å². The minimum absolute atomic E-state index is 0.219. The molecular weight excluding hydrogens is 140 g/mol. The molecule has 2 aliphatic heterocycles. The SMILES string of the molecule is C1CC2O[C@@]23CCCO[C@@H]3C1. The molecule has 1 saturated carbocycles. The molecule has 0 bridgehead atoms. The maximum Gasteiger partial charge on any atom is 0.121 e. The van der Waals surface area contributed by atoms with E-state index in [-0.39, 0.29) is 5.60 Å². The molecule has 62 valence electrons. The Bertz CT molecular complexity index is 178. The van der Waals surface area contributed by atoms with Crippen molar-refractivity contribution < 1.29 is 9.47 Å². The zero-order chi connectivity index (χ0) is 7.31. The van der Waals surface area contributed by atoms with E-state index in [9.17, 15) is 0 Å². The summed E-state index contributed by atoms with van der Waals surface area (Å²) in [6.45, 7) is 0.961. The van der Waals surface area contributed by atoms with E-state index in [4.69, 9.17) is 9.47 Å². The molecule has 2 nitrogen and oxygen atoms in total. The number of ether oxygens (including phenoxy) is 2. The molecule has 0 amide bonds. The van der Waals surface area contributed by atoms with Gasteiger partial charge in [0.15, 0.2) is 0 Å². The zero-order valence-corrected chi connectivity index (χ0v) is 6.71. The van der Waals surface area contributed by atoms with Gasteiger partial charge in [0.05, 0.1) is 12.2 Å². The maximum atomic E-state index is 5.74. The van der Waals surface area contributed by atoms with Gasteiger partial charge in [0, 0.05) is 6.61 Å². The lowest BCUT2D eigenvalue weighted by molar-refractivity contribution is -0.0496. The summed E-state index contributed by atoms with van der Waals surface area (Å²) in [5.41, 5.74) is 0.219. The zero-order valence-electron chi connectivity index (χ0n) is 6.71. The van der Waals surface area contributed by atoms with Crippen molar-refractivity contribution in [1.82, 2.24) is 0 Å². The third-order valence-electron chi connectivity index (χ3n) is 3.36. The van der Waals surface area contributed by atoms with Gasteiger partial charge in [-0.15, -0.1) is 0 Å². The first-order valence-electron chi connectivity index (χ1n) is 4.71. The van der Waals surface area contributed by atoms with Crippen LogP contribution in [-0.4, -0.2) is 24.4 Å². The van der Waals surface area contributed by atoms with Crippen LogP contribution in [0.2, 0.25) is 0 Å². The molecule has 0 aromatic rings. The Labute approximate surface area is 66.9 Å². The number of epoxide rings is 1. The topological polar surface area (TPSA) is 21.8 Å². The highest BCUT2D eigenvalue weighted by atomic mass is 16.6. The number of hydrogen-bond acceptors (Lipinski definition) is 2. The van der Waals surface area contributed by atoms with Gasteiger partial charge >= 0.3 is 0 Å². The predicted octanol–water partition coefficient (Wildman–Crippen LogP) is 1.49. The second kappa shape index (κ2) is 1.99. The summed E-state index contributed by atoms with van der Waals surface area (Å²) < 4.78 is 11.4. The summed E-state index contributed by atoms with van der Waals surface area (Å²) in [4.78, 5) is 0. The number of rotatable bonds is 0. The van der Waals surface area contributed by atoms with Crippen molar-refractivity contribution in [2.75, 3.05) is 6.61 Å². The van der Waals surface area contributed by atoms with Gasteiger partial charge in [-0.3, -0.25) is 0 Å². The lowest BCUT2D eigenvalue weighted by atomic mass is 9.82. The first-order chi connectivity index (χ1) is 5.42. The van der Waals surface area contributed by atoms with Crippen LogP contribution < -0.4 is 0 Å². The molecule has 3 atom stereocenters. The maximum absolute atomic E-state index is 5.74. The second-order valence-corrected chi connectivity index (χ2v) is 3.96.